The van der Waals surface area contributed by atoms with E-state index in [1.807, 2.05) is 36.4 Å². The summed E-state index contributed by atoms with van der Waals surface area (Å²) in [6.07, 6.45) is 2.34. The van der Waals surface area contributed by atoms with Crippen LogP contribution in [0, 0.1) is 0 Å². The van der Waals surface area contributed by atoms with Gasteiger partial charge in [-0.3, -0.25) is 9.69 Å². The van der Waals surface area contributed by atoms with E-state index in [0.29, 0.717) is 6.42 Å². The third kappa shape index (κ3) is 7.51. The maximum Gasteiger partial charge on any atom is 0.222 e. The molecule has 0 saturated carbocycles. The third-order valence-corrected chi connectivity index (χ3v) is 4.83. The van der Waals surface area contributed by atoms with Crippen LogP contribution in [-0.4, -0.2) is 29.9 Å². The fourth-order valence-electron chi connectivity index (χ4n) is 3.38. The number of halogens is 2. The lowest BCUT2D eigenvalue weighted by Gasteiger charge is -2.32. The van der Waals surface area contributed by atoms with E-state index < -0.39 is 0 Å². The maximum atomic E-state index is 12.3. The number of nitrogens with two attached hydrogens (primary N) is 1. The van der Waals surface area contributed by atoms with Gasteiger partial charge in [-0.2, -0.15) is 0 Å². The number of hydrogen-bond donors (Lipinski definition) is 2. The van der Waals surface area contributed by atoms with Crippen molar-refractivity contribution in [2.45, 2.75) is 37.9 Å². The van der Waals surface area contributed by atoms with E-state index in [9.17, 15) is 4.79 Å². The summed E-state index contributed by atoms with van der Waals surface area (Å²) >= 11 is 0. The number of likely N-dealkylation sites (tertiary alicyclic amines) is 1. The molecular formula is C21H29Cl2N3O. The van der Waals surface area contributed by atoms with Gasteiger partial charge in [0.25, 0.3) is 0 Å². The van der Waals surface area contributed by atoms with Crippen LogP contribution in [0.25, 0.3) is 0 Å². The van der Waals surface area contributed by atoms with E-state index in [2.05, 4.69) is 34.5 Å². The molecule has 0 aromatic heterocycles. The molecule has 1 amide bonds. The molecule has 2 aromatic carbocycles. The molecule has 6 heteroatoms. The van der Waals surface area contributed by atoms with Crippen molar-refractivity contribution in [3.05, 3.63) is 71.8 Å². The Kier molecular flexibility index (Phi) is 10.4. The molecular weight excluding hydrogens is 381 g/mol. The summed E-state index contributed by atoms with van der Waals surface area (Å²) in [5.41, 5.74) is 8.50. The fraction of sp³-hybridized carbons (Fsp3) is 0.381. The monoisotopic (exact) mass is 409 g/mol. The first kappa shape index (κ1) is 23.4. The average Bonchev–Trinajstić information content (AvgIpc) is 2.65. The Labute approximate surface area is 174 Å². The zero-order valence-electron chi connectivity index (χ0n) is 15.4. The van der Waals surface area contributed by atoms with E-state index in [0.717, 1.165) is 38.0 Å². The molecule has 3 rings (SSSR count). The van der Waals surface area contributed by atoms with Gasteiger partial charge in [0, 0.05) is 38.1 Å². The summed E-state index contributed by atoms with van der Waals surface area (Å²) in [6.45, 7) is 3.02. The maximum absolute atomic E-state index is 12.3. The second-order valence-electron chi connectivity index (χ2n) is 6.82. The number of amides is 1. The summed E-state index contributed by atoms with van der Waals surface area (Å²) < 4.78 is 0. The smallest absolute Gasteiger partial charge is 0.222 e. The Hall–Kier alpha value is -1.59. The molecule has 0 aliphatic carbocycles. The summed E-state index contributed by atoms with van der Waals surface area (Å²) in [5, 5.41) is 3.16. The van der Waals surface area contributed by atoms with Crippen molar-refractivity contribution >= 4 is 30.7 Å². The SMILES string of the molecule is Cl.Cl.NC(CC(=O)NC1CCN(Cc2ccccc2)CC1)c1ccccc1. The average molecular weight is 410 g/mol. The highest BCUT2D eigenvalue weighted by molar-refractivity contribution is 5.85. The predicted molar refractivity (Wildman–Crippen MR) is 115 cm³/mol. The molecule has 1 aliphatic rings. The van der Waals surface area contributed by atoms with Gasteiger partial charge in [0.05, 0.1) is 0 Å². The number of benzene rings is 2. The van der Waals surface area contributed by atoms with Gasteiger partial charge in [0.1, 0.15) is 0 Å². The number of hydrogen-bond acceptors (Lipinski definition) is 3. The largest absolute Gasteiger partial charge is 0.353 e. The molecule has 0 bridgehead atoms. The number of nitrogens with zero attached hydrogens (tertiary/aromatic N) is 1. The Balaban J connectivity index is 0.00000182. The number of carbonyl (C=O) groups is 1. The highest BCUT2D eigenvalue weighted by Crippen LogP contribution is 2.16. The van der Waals surface area contributed by atoms with E-state index in [-0.39, 0.29) is 42.8 Å². The zero-order chi connectivity index (χ0) is 17.5. The molecule has 148 valence electrons. The highest BCUT2D eigenvalue weighted by Gasteiger charge is 2.21. The van der Waals surface area contributed by atoms with Crippen molar-refractivity contribution in [1.82, 2.24) is 10.2 Å². The van der Waals surface area contributed by atoms with Crippen molar-refractivity contribution in [2.75, 3.05) is 13.1 Å². The van der Waals surface area contributed by atoms with Gasteiger partial charge in [0.2, 0.25) is 5.91 Å². The third-order valence-electron chi connectivity index (χ3n) is 4.83. The van der Waals surface area contributed by atoms with Gasteiger partial charge < -0.3 is 11.1 Å². The van der Waals surface area contributed by atoms with Crippen LogP contribution in [0.4, 0.5) is 0 Å². The molecule has 1 heterocycles. The zero-order valence-corrected chi connectivity index (χ0v) is 17.1. The Morgan fingerprint density at radius 2 is 1.56 bits per heavy atom. The van der Waals surface area contributed by atoms with Gasteiger partial charge in [-0.25, -0.2) is 0 Å². The van der Waals surface area contributed by atoms with E-state index >= 15 is 0 Å². The molecule has 1 fully saturated rings. The molecule has 2 aromatic rings. The minimum Gasteiger partial charge on any atom is -0.353 e. The molecule has 1 atom stereocenters. The molecule has 1 unspecified atom stereocenters. The number of nitrogens with one attached hydrogen (secondary N) is 1. The summed E-state index contributed by atoms with van der Waals surface area (Å²) in [5.74, 6) is 0.0536. The Morgan fingerprint density at radius 3 is 2.15 bits per heavy atom. The number of rotatable bonds is 6. The Morgan fingerprint density at radius 1 is 1.00 bits per heavy atom. The standard InChI is InChI=1S/C21H27N3O.2ClH/c22-20(18-9-5-2-6-10-18)15-21(25)23-19-11-13-24(14-12-19)16-17-7-3-1-4-8-17;;/h1-10,19-20H,11-16,22H2,(H,23,25);2*1H. The fourth-order valence-corrected chi connectivity index (χ4v) is 3.38. The van der Waals surface area contributed by atoms with Crippen LogP contribution >= 0.6 is 24.8 Å². The summed E-state index contributed by atoms with van der Waals surface area (Å²) in [7, 11) is 0. The lowest BCUT2D eigenvalue weighted by molar-refractivity contribution is -0.122. The van der Waals surface area contributed by atoms with Gasteiger partial charge in [0.15, 0.2) is 0 Å². The van der Waals surface area contributed by atoms with Crippen LogP contribution in [0.3, 0.4) is 0 Å². The summed E-state index contributed by atoms with van der Waals surface area (Å²) in [6, 6.07) is 20.4. The van der Waals surface area contributed by atoms with Gasteiger partial charge >= 0.3 is 0 Å². The second-order valence-corrected chi connectivity index (χ2v) is 6.82. The summed E-state index contributed by atoms with van der Waals surface area (Å²) in [4.78, 5) is 14.7. The molecule has 3 N–H and O–H groups in total. The first-order chi connectivity index (χ1) is 12.2. The molecule has 1 saturated heterocycles. The quantitative estimate of drug-likeness (QED) is 0.764. The van der Waals surface area contributed by atoms with Gasteiger partial charge in [-0.15, -0.1) is 24.8 Å². The van der Waals surface area contributed by atoms with Crippen LogP contribution in [0.2, 0.25) is 0 Å². The van der Waals surface area contributed by atoms with Crippen LogP contribution < -0.4 is 11.1 Å². The first-order valence-electron chi connectivity index (χ1n) is 9.07. The van der Waals surface area contributed by atoms with Crippen molar-refractivity contribution in [2.24, 2.45) is 5.73 Å². The van der Waals surface area contributed by atoms with Crippen LogP contribution in [0.5, 0.6) is 0 Å². The molecule has 27 heavy (non-hydrogen) atoms. The van der Waals surface area contributed by atoms with E-state index in [4.69, 9.17) is 5.73 Å². The Bertz CT molecular complexity index is 662. The molecule has 0 spiro atoms. The topological polar surface area (TPSA) is 58.4 Å². The van der Waals surface area contributed by atoms with Crippen LogP contribution in [-0.2, 0) is 11.3 Å². The van der Waals surface area contributed by atoms with Crippen molar-refractivity contribution in [1.29, 1.82) is 0 Å². The van der Waals surface area contributed by atoms with Crippen molar-refractivity contribution in [3.8, 4) is 0 Å². The van der Waals surface area contributed by atoms with Gasteiger partial charge in [-0.1, -0.05) is 60.7 Å². The van der Waals surface area contributed by atoms with Crippen LogP contribution in [0.1, 0.15) is 36.4 Å². The predicted octanol–water partition coefficient (Wildman–Crippen LogP) is 3.70. The lowest BCUT2D eigenvalue weighted by Crippen LogP contribution is -2.44. The second kappa shape index (κ2) is 12.0. The molecule has 0 radical (unpaired) electrons. The van der Waals surface area contributed by atoms with Gasteiger partial charge in [-0.05, 0) is 24.0 Å². The van der Waals surface area contributed by atoms with Crippen molar-refractivity contribution < 1.29 is 4.79 Å². The minimum atomic E-state index is -0.237. The van der Waals surface area contributed by atoms with Crippen molar-refractivity contribution in [3.63, 3.8) is 0 Å². The highest BCUT2D eigenvalue weighted by atomic mass is 35.5. The normalized spacial score (nSPS) is 15.9. The van der Waals surface area contributed by atoms with E-state index in [1.165, 1.54) is 5.56 Å². The minimum absolute atomic E-state index is 0. The lowest BCUT2D eigenvalue weighted by atomic mass is 10.0. The number of carbonyl (C=O) groups excluding carboxylic acids is 1. The van der Waals surface area contributed by atoms with E-state index in [1.54, 1.807) is 0 Å². The number of piperidine rings is 1. The molecule has 1 aliphatic heterocycles. The molecule has 4 nitrogen and oxygen atoms in total. The first-order valence-corrected chi connectivity index (χ1v) is 9.07. The van der Waals surface area contributed by atoms with Crippen LogP contribution in [0.15, 0.2) is 60.7 Å².